The quantitative estimate of drug-likeness (QED) is 0.816. The van der Waals surface area contributed by atoms with Gasteiger partial charge < -0.3 is 19.5 Å². The molecule has 0 saturated carbocycles. The van der Waals surface area contributed by atoms with Crippen LogP contribution in [0.25, 0.3) is 11.1 Å². The van der Waals surface area contributed by atoms with E-state index >= 15 is 0 Å². The highest BCUT2D eigenvalue weighted by atomic mass is 19.1. The van der Waals surface area contributed by atoms with E-state index in [1.807, 2.05) is 0 Å². The smallest absolute Gasteiger partial charge is 0.341 e. The Balaban J connectivity index is 1.84. The van der Waals surface area contributed by atoms with E-state index in [2.05, 4.69) is 10.1 Å². The molecule has 0 bridgehead atoms. The number of ether oxygens (including phenoxy) is 3. The van der Waals surface area contributed by atoms with Gasteiger partial charge in [0.05, 0.1) is 26.9 Å². The van der Waals surface area contributed by atoms with Crippen molar-refractivity contribution in [2.45, 2.75) is 12.5 Å². The second-order valence-corrected chi connectivity index (χ2v) is 6.14. The number of rotatable bonds is 5. The van der Waals surface area contributed by atoms with Gasteiger partial charge in [0.1, 0.15) is 17.1 Å². The third kappa shape index (κ3) is 4.09. The summed E-state index contributed by atoms with van der Waals surface area (Å²) < 4.78 is 29.6. The van der Waals surface area contributed by atoms with Gasteiger partial charge in [0.25, 0.3) is 5.91 Å². The highest BCUT2D eigenvalue weighted by molar-refractivity contribution is 5.95. The molecule has 6 nitrogen and oxygen atoms in total. The molecule has 142 valence electrons. The van der Waals surface area contributed by atoms with Crippen molar-refractivity contribution in [2.24, 2.45) is 0 Å². The molecular weight excluding hydrogens is 353 g/mol. The molecule has 0 aliphatic carbocycles. The molecular formula is C20H20FNO5. The molecule has 0 aromatic heterocycles. The van der Waals surface area contributed by atoms with Crippen molar-refractivity contribution >= 4 is 11.9 Å². The summed E-state index contributed by atoms with van der Waals surface area (Å²) in [4.78, 5) is 24.0. The Hall–Kier alpha value is -2.93. The Kier molecular flexibility index (Phi) is 5.71. The molecule has 7 heteroatoms. The zero-order valence-corrected chi connectivity index (χ0v) is 15.1. The van der Waals surface area contributed by atoms with E-state index in [9.17, 15) is 14.0 Å². The van der Waals surface area contributed by atoms with Crippen LogP contribution >= 0.6 is 0 Å². The first-order chi connectivity index (χ1) is 13.0. The van der Waals surface area contributed by atoms with Gasteiger partial charge in [-0.05, 0) is 36.2 Å². The first-order valence-corrected chi connectivity index (χ1v) is 8.48. The van der Waals surface area contributed by atoms with E-state index in [1.165, 1.54) is 20.3 Å². The number of benzene rings is 2. The lowest BCUT2D eigenvalue weighted by Gasteiger charge is -2.12. The minimum Gasteiger partial charge on any atom is -0.496 e. The molecule has 1 aliphatic rings. The van der Waals surface area contributed by atoms with E-state index in [0.717, 1.165) is 12.5 Å². The molecule has 1 heterocycles. The van der Waals surface area contributed by atoms with E-state index in [-0.39, 0.29) is 28.8 Å². The van der Waals surface area contributed by atoms with Crippen molar-refractivity contribution < 1.29 is 28.2 Å². The fraction of sp³-hybridized carbons (Fsp3) is 0.300. The number of nitrogens with one attached hydrogen (secondary N) is 1. The maximum absolute atomic E-state index is 14.5. The highest BCUT2D eigenvalue weighted by Crippen LogP contribution is 2.31. The molecule has 1 saturated heterocycles. The van der Waals surface area contributed by atoms with E-state index in [1.54, 1.807) is 24.3 Å². The number of amides is 1. The lowest BCUT2D eigenvalue weighted by atomic mass is 10.0. The maximum atomic E-state index is 14.5. The molecule has 1 atom stereocenters. The standard InChI is InChI=1S/C20H20FNO5/c1-25-18-10-15(17(21)9-16(18)20(24)26-2)12-3-5-13(6-4-12)19(23)22-14-7-8-27-11-14/h3-6,9-10,14H,7-8,11H2,1-2H3,(H,22,23)/t14-/m0/s1. The number of hydrogen-bond acceptors (Lipinski definition) is 5. The Labute approximate surface area is 156 Å². The van der Waals surface area contributed by atoms with Gasteiger partial charge in [0, 0.05) is 17.7 Å². The summed E-state index contributed by atoms with van der Waals surface area (Å²) in [5, 5.41) is 2.90. The zero-order valence-electron chi connectivity index (χ0n) is 15.1. The minimum absolute atomic E-state index is 0.0102. The van der Waals surface area contributed by atoms with Crippen LogP contribution < -0.4 is 10.1 Å². The fourth-order valence-corrected chi connectivity index (χ4v) is 2.93. The third-order valence-corrected chi connectivity index (χ3v) is 4.42. The number of carbonyl (C=O) groups excluding carboxylic acids is 2. The number of methoxy groups -OCH3 is 2. The summed E-state index contributed by atoms with van der Waals surface area (Å²) in [5.74, 6) is -1.26. The molecule has 1 amide bonds. The molecule has 27 heavy (non-hydrogen) atoms. The molecule has 1 aliphatic heterocycles. The van der Waals surface area contributed by atoms with Crippen LogP contribution in [0.15, 0.2) is 36.4 Å². The number of carbonyl (C=O) groups is 2. The molecule has 2 aromatic carbocycles. The Morgan fingerprint density at radius 1 is 1.19 bits per heavy atom. The summed E-state index contributed by atoms with van der Waals surface area (Å²) in [6.07, 6.45) is 0.793. The summed E-state index contributed by atoms with van der Waals surface area (Å²) in [6.45, 7) is 1.16. The first kappa shape index (κ1) is 18.8. The largest absolute Gasteiger partial charge is 0.496 e. The molecule has 2 aromatic rings. The van der Waals surface area contributed by atoms with Crippen LogP contribution in [0, 0.1) is 5.82 Å². The van der Waals surface area contributed by atoms with Gasteiger partial charge >= 0.3 is 5.97 Å². The van der Waals surface area contributed by atoms with E-state index in [4.69, 9.17) is 9.47 Å². The lowest BCUT2D eigenvalue weighted by Crippen LogP contribution is -2.34. The topological polar surface area (TPSA) is 73.9 Å². The molecule has 1 N–H and O–H groups in total. The summed E-state index contributed by atoms with van der Waals surface area (Å²) in [7, 11) is 2.61. The van der Waals surface area contributed by atoms with Crippen molar-refractivity contribution in [1.29, 1.82) is 0 Å². The predicted octanol–water partition coefficient (Wildman–Crippen LogP) is 2.81. The minimum atomic E-state index is -0.680. The SMILES string of the molecule is COC(=O)c1cc(F)c(-c2ccc(C(=O)N[C@H]3CCOC3)cc2)cc1OC. The summed E-state index contributed by atoms with van der Waals surface area (Å²) >= 11 is 0. The van der Waals surface area contributed by atoms with Gasteiger partial charge in [-0.3, -0.25) is 4.79 Å². The Bertz CT molecular complexity index is 844. The van der Waals surface area contributed by atoms with Crippen molar-refractivity contribution in [3.05, 3.63) is 53.3 Å². The van der Waals surface area contributed by atoms with Gasteiger partial charge in [-0.1, -0.05) is 12.1 Å². The Morgan fingerprint density at radius 2 is 1.93 bits per heavy atom. The summed E-state index contributed by atoms with van der Waals surface area (Å²) in [5.41, 5.74) is 1.30. The van der Waals surface area contributed by atoms with Gasteiger partial charge in [0.2, 0.25) is 0 Å². The van der Waals surface area contributed by atoms with Crippen LogP contribution in [0.2, 0.25) is 0 Å². The molecule has 0 spiro atoms. The van der Waals surface area contributed by atoms with Crippen LogP contribution in [0.4, 0.5) is 4.39 Å². The second-order valence-electron chi connectivity index (χ2n) is 6.14. The van der Waals surface area contributed by atoms with E-state index < -0.39 is 11.8 Å². The molecule has 3 rings (SSSR count). The van der Waals surface area contributed by atoms with Crippen LogP contribution in [-0.4, -0.2) is 45.4 Å². The summed E-state index contributed by atoms with van der Waals surface area (Å²) in [6, 6.07) is 9.09. The number of hydrogen-bond donors (Lipinski definition) is 1. The monoisotopic (exact) mass is 373 g/mol. The lowest BCUT2D eigenvalue weighted by molar-refractivity contribution is 0.0596. The average Bonchev–Trinajstić information content (AvgIpc) is 3.20. The predicted molar refractivity (Wildman–Crippen MR) is 96.4 cm³/mol. The van der Waals surface area contributed by atoms with Crippen molar-refractivity contribution in [3.8, 4) is 16.9 Å². The number of esters is 1. The zero-order chi connectivity index (χ0) is 19.4. The first-order valence-electron chi connectivity index (χ1n) is 8.48. The normalized spacial score (nSPS) is 16.0. The fourth-order valence-electron chi connectivity index (χ4n) is 2.93. The van der Waals surface area contributed by atoms with Gasteiger partial charge in [0.15, 0.2) is 0 Å². The average molecular weight is 373 g/mol. The molecule has 0 unspecified atom stereocenters. The van der Waals surface area contributed by atoms with Gasteiger partial charge in [-0.2, -0.15) is 0 Å². The van der Waals surface area contributed by atoms with Gasteiger partial charge in [-0.15, -0.1) is 0 Å². The van der Waals surface area contributed by atoms with Gasteiger partial charge in [-0.25, -0.2) is 9.18 Å². The molecule has 1 fully saturated rings. The second kappa shape index (κ2) is 8.18. The van der Waals surface area contributed by atoms with Crippen LogP contribution in [0.1, 0.15) is 27.1 Å². The molecule has 0 radical (unpaired) electrons. The van der Waals surface area contributed by atoms with Crippen molar-refractivity contribution in [3.63, 3.8) is 0 Å². The van der Waals surface area contributed by atoms with Crippen molar-refractivity contribution in [1.82, 2.24) is 5.32 Å². The maximum Gasteiger partial charge on any atom is 0.341 e. The third-order valence-electron chi connectivity index (χ3n) is 4.42. The van der Waals surface area contributed by atoms with Crippen LogP contribution in [0.5, 0.6) is 5.75 Å². The van der Waals surface area contributed by atoms with E-state index in [0.29, 0.717) is 24.3 Å². The van der Waals surface area contributed by atoms with Crippen LogP contribution in [0.3, 0.4) is 0 Å². The Morgan fingerprint density at radius 3 is 2.52 bits per heavy atom. The van der Waals surface area contributed by atoms with Crippen LogP contribution in [-0.2, 0) is 9.47 Å². The highest BCUT2D eigenvalue weighted by Gasteiger charge is 2.20. The van der Waals surface area contributed by atoms with Crippen molar-refractivity contribution in [2.75, 3.05) is 27.4 Å². The number of halogens is 1.